The average molecular weight is 304 g/mol. The molecule has 2 amide bonds. The second-order valence-electron chi connectivity index (χ2n) is 5.97. The highest BCUT2D eigenvalue weighted by atomic mass is 16.3. The molecule has 5 heteroatoms. The largest absolute Gasteiger partial charge is 0.384 e. The van der Waals surface area contributed by atoms with Crippen LogP contribution < -0.4 is 5.32 Å². The molecule has 0 saturated carbocycles. The molecule has 0 aromatic heterocycles. The van der Waals surface area contributed by atoms with Crippen LogP contribution in [0.4, 0.5) is 0 Å². The summed E-state index contributed by atoms with van der Waals surface area (Å²) in [6.45, 7) is 4.32. The van der Waals surface area contributed by atoms with Gasteiger partial charge in [-0.25, -0.2) is 0 Å². The normalized spacial score (nSPS) is 18.9. The first kappa shape index (κ1) is 16.5. The van der Waals surface area contributed by atoms with E-state index in [0.717, 1.165) is 12.0 Å². The lowest BCUT2D eigenvalue weighted by Gasteiger charge is -2.29. The van der Waals surface area contributed by atoms with Gasteiger partial charge in [0.15, 0.2) is 0 Å². The Morgan fingerprint density at radius 3 is 2.64 bits per heavy atom. The van der Waals surface area contributed by atoms with Gasteiger partial charge in [-0.1, -0.05) is 37.3 Å². The van der Waals surface area contributed by atoms with Crippen molar-refractivity contribution >= 4 is 11.8 Å². The van der Waals surface area contributed by atoms with Crippen LogP contribution >= 0.6 is 0 Å². The second-order valence-corrected chi connectivity index (χ2v) is 5.97. The van der Waals surface area contributed by atoms with Crippen molar-refractivity contribution in [2.24, 2.45) is 0 Å². The van der Waals surface area contributed by atoms with Crippen molar-refractivity contribution in [1.29, 1.82) is 0 Å². The molecule has 0 bridgehead atoms. The van der Waals surface area contributed by atoms with Crippen molar-refractivity contribution in [3.05, 3.63) is 35.9 Å². The predicted octanol–water partition coefficient (Wildman–Crippen LogP) is 1.41. The molecule has 5 nitrogen and oxygen atoms in total. The fraction of sp³-hybridized carbons (Fsp3) is 0.529. The highest BCUT2D eigenvalue weighted by Gasteiger charge is 2.32. The maximum Gasteiger partial charge on any atom is 0.242 e. The molecule has 0 radical (unpaired) electrons. The topological polar surface area (TPSA) is 69.6 Å². The van der Waals surface area contributed by atoms with E-state index in [2.05, 4.69) is 5.32 Å². The van der Waals surface area contributed by atoms with Crippen LogP contribution in [0.2, 0.25) is 0 Å². The van der Waals surface area contributed by atoms with Crippen molar-refractivity contribution in [3.63, 3.8) is 0 Å². The molecule has 1 aliphatic heterocycles. The Morgan fingerprint density at radius 1 is 1.41 bits per heavy atom. The fourth-order valence-electron chi connectivity index (χ4n) is 2.82. The Bertz CT molecular complexity index is 528. The molecule has 0 aliphatic carbocycles. The Kier molecular flexibility index (Phi) is 5.19. The number of nitrogens with one attached hydrogen (secondary N) is 1. The van der Waals surface area contributed by atoms with E-state index < -0.39 is 11.6 Å². The number of likely N-dealkylation sites (tertiary alicyclic amines) is 1. The first-order valence-electron chi connectivity index (χ1n) is 7.81. The van der Waals surface area contributed by atoms with Gasteiger partial charge in [-0.15, -0.1) is 0 Å². The SMILES string of the molecule is CCC(C(=O)NCC(C)(O)c1ccccc1)N1CCCC1=O. The van der Waals surface area contributed by atoms with Gasteiger partial charge >= 0.3 is 0 Å². The molecule has 2 N–H and O–H groups in total. The van der Waals surface area contributed by atoms with Gasteiger partial charge < -0.3 is 15.3 Å². The third-order valence-corrected chi connectivity index (χ3v) is 4.18. The number of nitrogens with zero attached hydrogens (tertiary/aromatic N) is 1. The minimum absolute atomic E-state index is 0.0387. The lowest BCUT2D eigenvalue weighted by Crippen LogP contribution is -2.50. The predicted molar refractivity (Wildman–Crippen MR) is 84.0 cm³/mol. The molecule has 1 aromatic carbocycles. The van der Waals surface area contributed by atoms with Gasteiger partial charge in [-0.05, 0) is 25.3 Å². The van der Waals surface area contributed by atoms with Crippen LogP contribution in [0, 0.1) is 0 Å². The van der Waals surface area contributed by atoms with Gasteiger partial charge in [0.05, 0.1) is 6.54 Å². The van der Waals surface area contributed by atoms with E-state index in [0.29, 0.717) is 19.4 Å². The molecule has 1 aliphatic rings. The monoisotopic (exact) mass is 304 g/mol. The first-order valence-corrected chi connectivity index (χ1v) is 7.81. The van der Waals surface area contributed by atoms with Crippen molar-refractivity contribution in [3.8, 4) is 0 Å². The highest BCUT2D eigenvalue weighted by molar-refractivity contribution is 5.88. The number of carbonyl (C=O) groups is 2. The summed E-state index contributed by atoms with van der Waals surface area (Å²) in [4.78, 5) is 25.8. The summed E-state index contributed by atoms with van der Waals surface area (Å²) in [5.74, 6) is -0.161. The maximum atomic E-state index is 12.4. The summed E-state index contributed by atoms with van der Waals surface area (Å²) in [7, 11) is 0. The number of benzene rings is 1. The standard InChI is InChI=1S/C17H24N2O3/c1-3-14(19-11-7-10-15(19)20)16(21)18-12-17(2,22)13-8-5-4-6-9-13/h4-6,8-9,14,22H,3,7,10-12H2,1-2H3,(H,18,21). The molecule has 2 unspecified atom stereocenters. The summed E-state index contributed by atoms with van der Waals surface area (Å²) in [6.07, 6.45) is 1.90. The first-order chi connectivity index (χ1) is 10.5. The Balaban J connectivity index is 1.97. The molecule has 0 spiro atoms. The molecular weight excluding hydrogens is 280 g/mol. The molecular formula is C17H24N2O3. The minimum Gasteiger partial charge on any atom is -0.384 e. The van der Waals surface area contributed by atoms with Crippen molar-refractivity contribution in [1.82, 2.24) is 10.2 Å². The quantitative estimate of drug-likeness (QED) is 0.835. The van der Waals surface area contributed by atoms with Gasteiger partial charge in [-0.2, -0.15) is 0 Å². The summed E-state index contributed by atoms with van der Waals surface area (Å²) in [6, 6.07) is 8.79. The van der Waals surface area contributed by atoms with E-state index in [1.807, 2.05) is 37.3 Å². The summed E-state index contributed by atoms with van der Waals surface area (Å²) < 4.78 is 0. The highest BCUT2D eigenvalue weighted by Crippen LogP contribution is 2.20. The Labute approximate surface area is 131 Å². The average Bonchev–Trinajstić information content (AvgIpc) is 2.93. The third kappa shape index (κ3) is 3.65. The van der Waals surface area contributed by atoms with Crippen LogP contribution in [0.25, 0.3) is 0 Å². The number of carbonyl (C=O) groups excluding carboxylic acids is 2. The summed E-state index contributed by atoms with van der Waals surface area (Å²) in [5.41, 5.74) is -0.384. The maximum absolute atomic E-state index is 12.4. The van der Waals surface area contributed by atoms with E-state index in [1.165, 1.54) is 0 Å². The Hall–Kier alpha value is -1.88. The molecule has 1 fully saturated rings. The number of hydrogen-bond donors (Lipinski definition) is 2. The molecule has 1 aromatic rings. The van der Waals surface area contributed by atoms with Crippen LogP contribution in [-0.4, -0.2) is 41.0 Å². The molecule has 1 heterocycles. The lowest BCUT2D eigenvalue weighted by atomic mass is 9.96. The molecule has 2 rings (SSSR count). The van der Waals surface area contributed by atoms with Crippen molar-refractivity contribution in [2.45, 2.75) is 44.8 Å². The van der Waals surface area contributed by atoms with Crippen LogP contribution in [0.1, 0.15) is 38.7 Å². The van der Waals surface area contributed by atoms with Gasteiger partial charge in [0.1, 0.15) is 11.6 Å². The molecule has 22 heavy (non-hydrogen) atoms. The zero-order chi connectivity index (χ0) is 16.2. The zero-order valence-corrected chi connectivity index (χ0v) is 13.2. The summed E-state index contributed by atoms with van der Waals surface area (Å²) >= 11 is 0. The lowest BCUT2D eigenvalue weighted by molar-refractivity contribution is -0.138. The number of rotatable bonds is 6. The number of hydrogen-bond acceptors (Lipinski definition) is 3. The smallest absolute Gasteiger partial charge is 0.242 e. The van der Waals surface area contributed by atoms with Crippen LogP contribution in [0.5, 0.6) is 0 Å². The van der Waals surface area contributed by atoms with E-state index in [-0.39, 0.29) is 18.4 Å². The number of amides is 2. The van der Waals surface area contributed by atoms with Gasteiger partial charge in [0.25, 0.3) is 0 Å². The fourth-order valence-corrected chi connectivity index (χ4v) is 2.82. The third-order valence-electron chi connectivity index (χ3n) is 4.18. The van der Waals surface area contributed by atoms with Crippen molar-refractivity contribution in [2.75, 3.05) is 13.1 Å². The zero-order valence-electron chi connectivity index (χ0n) is 13.2. The van der Waals surface area contributed by atoms with E-state index in [4.69, 9.17) is 0 Å². The summed E-state index contributed by atoms with van der Waals surface area (Å²) in [5, 5.41) is 13.3. The molecule has 2 atom stereocenters. The van der Waals surface area contributed by atoms with Crippen LogP contribution in [0.15, 0.2) is 30.3 Å². The molecule has 1 saturated heterocycles. The second kappa shape index (κ2) is 6.92. The van der Waals surface area contributed by atoms with E-state index in [1.54, 1.807) is 11.8 Å². The Morgan fingerprint density at radius 2 is 2.09 bits per heavy atom. The van der Waals surface area contributed by atoms with Gasteiger partial charge in [0, 0.05) is 13.0 Å². The molecule has 120 valence electrons. The van der Waals surface area contributed by atoms with Crippen LogP contribution in [-0.2, 0) is 15.2 Å². The van der Waals surface area contributed by atoms with Gasteiger partial charge in [0.2, 0.25) is 11.8 Å². The van der Waals surface area contributed by atoms with E-state index >= 15 is 0 Å². The van der Waals surface area contributed by atoms with Crippen LogP contribution in [0.3, 0.4) is 0 Å². The van der Waals surface area contributed by atoms with E-state index in [9.17, 15) is 14.7 Å². The number of aliphatic hydroxyl groups is 1. The minimum atomic E-state index is -1.13. The van der Waals surface area contributed by atoms with Gasteiger partial charge in [-0.3, -0.25) is 9.59 Å². The van der Waals surface area contributed by atoms with Crippen molar-refractivity contribution < 1.29 is 14.7 Å².